The summed E-state index contributed by atoms with van der Waals surface area (Å²) in [6.45, 7) is 5.43. The fourth-order valence-corrected chi connectivity index (χ4v) is 2.59. The fourth-order valence-electron chi connectivity index (χ4n) is 2.59. The molecule has 1 aromatic carbocycles. The van der Waals surface area contributed by atoms with Crippen LogP contribution in [-0.2, 0) is 11.2 Å². The molecular weight excluding hydrogens is 262 g/mol. The van der Waals surface area contributed by atoms with Crippen molar-refractivity contribution in [2.24, 2.45) is 0 Å². The highest BCUT2D eigenvalue weighted by molar-refractivity contribution is 5.36. The molecule has 0 fully saturated rings. The molecule has 116 valence electrons. The summed E-state index contributed by atoms with van der Waals surface area (Å²) in [5.41, 5.74) is 2.54. The van der Waals surface area contributed by atoms with Crippen molar-refractivity contribution in [3.8, 4) is 0 Å². The third-order valence-corrected chi connectivity index (χ3v) is 4.56. The highest BCUT2D eigenvalue weighted by Crippen LogP contribution is 2.27. The third-order valence-electron chi connectivity index (χ3n) is 4.56. The smallest absolute Gasteiger partial charge is 0.126 e. The lowest BCUT2D eigenvalue weighted by molar-refractivity contribution is -0.914. The Kier molecular flexibility index (Phi) is 5.20. The predicted molar refractivity (Wildman–Crippen MR) is 86.1 cm³/mol. The Morgan fingerprint density at radius 3 is 2.71 bits per heavy atom. The van der Waals surface area contributed by atoms with Gasteiger partial charge < -0.3 is 14.3 Å². The Balaban J connectivity index is 1.91. The standard InChI is InChI=1S/C18H28NO2/c1-14(2)19(3,4)12-16(20)13-21-18-11-7-9-15-8-5-6-10-17(15)18/h5-8,10-11,14,16,18,20H,9,12-13H2,1-4H3/q+1. The monoisotopic (exact) mass is 290 g/mol. The molecule has 2 rings (SSSR count). The van der Waals surface area contributed by atoms with Crippen LogP contribution < -0.4 is 0 Å². The lowest BCUT2D eigenvalue weighted by Crippen LogP contribution is -2.51. The number of aliphatic hydroxyl groups excluding tert-OH is 1. The molecule has 2 unspecified atom stereocenters. The highest BCUT2D eigenvalue weighted by Gasteiger charge is 2.25. The lowest BCUT2D eigenvalue weighted by atomic mass is 9.95. The Labute approximate surface area is 128 Å². The van der Waals surface area contributed by atoms with E-state index in [0.29, 0.717) is 19.2 Å². The van der Waals surface area contributed by atoms with E-state index in [1.165, 1.54) is 11.1 Å². The van der Waals surface area contributed by atoms with Crippen molar-refractivity contribution in [2.75, 3.05) is 27.2 Å². The van der Waals surface area contributed by atoms with E-state index in [1.807, 2.05) is 6.07 Å². The normalized spacial score (nSPS) is 19.6. The van der Waals surface area contributed by atoms with E-state index >= 15 is 0 Å². The fraction of sp³-hybridized carbons (Fsp3) is 0.556. The van der Waals surface area contributed by atoms with Gasteiger partial charge in [0.05, 0.1) is 26.7 Å². The topological polar surface area (TPSA) is 29.5 Å². The zero-order valence-electron chi connectivity index (χ0n) is 13.6. The SMILES string of the molecule is CC(C)[N+](C)(C)CC(O)COC1C=CCc2ccccc21. The van der Waals surface area contributed by atoms with Crippen LogP contribution in [0.2, 0.25) is 0 Å². The molecule has 0 radical (unpaired) electrons. The molecule has 0 heterocycles. The molecular formula is C18H28NO2+. The minimum absolute atomic E-state index is 0.0285. The van der Waals surface area contributed by atoms with Crippen LogP contribution in [0.4, 0.5) is 0 Å². The average Bonchev–Trinajstić information content (AvgIpc) is 2.44. The molecule has 1 aliphatic rings. The number of hydrogen-bond acceptors (Lipinski definition) is 2. The van der Waals surface area contributed by atoms with E-state index in [2.05, 4.69) is 58.3 Å². The number of allylic oxidation sites excluding steroid dienone is 1. The number of likely N-dealkylation sites (N-methyl/N-ethyl adjacent to an activating group) is 1. The maximum absolute atomic E-state index is 10.2. The van der Waals surface area contributed by atoms with Gasteiger partial charge in [-0.1, -0.05) is 36.4 Å². The van der Waals surface area contributed by atoms with E-state index in [9.17, 15) is 5.11 Å². The molecule has 3 heteroatoms. The van der Waals surface area contributed by atoms with Gasteiger partial charge in [0.25, 0.3) is 0 Å². The number of ether oxygens (including phenoxy) is 1. The molecule has 0 saturated heterocycles. The number of aliphatic hydroxyl groups is 1. The Bertz CT molecular complexity index is 494. The second-order valence-electron chi connectivity index (χ2n) is 6.79. The van der Waals surface area contributed by atoms with Crippen LogP contribution in [0.3, 0.4) is 0 Å². The summed E-state index contributed by atoms with van der Waals surface area (Å²) in [6.07, 6.45) is 4.74. The van der Waals surface area contributed by atoms with Gasteiger partial charge in [-0.05, 0) is 31.4 Å². The summed E-state index contributed by atoms with van der Waals surface area (Å²) in [6, 6.07) is 8.85. The van der Waals surface area contributed by atoms with Crippen molar-refractivity contribution in [3.63, 3.8) is 0 Å². The largest absolute Gasteiger partial charge is 0.385 e. The number of rotatable bonds is 6. The Morgan fingerprint density at radius 1 is 1.29 bits per heavy atom. The highest BCUT2D eigenvalue weighted by atomic mass is 16.5. The van der Waals surface area contributed by atoms with E-state index in [0.717, 1.165) is 10.9 Å². The summed E-state index contributed by atoms with van der Waals surface area (Å²) >= 11 is 0. The maximum Gasteiger partial charge on any atom is 0.126 e. The predicted octanol–water partition coefficient (Wildman–Crippen LogP) is 2.70. The Morgan fingerprint density at radius 2 is 2.00 bits per heavy atom. The van der Waals surface area contributed by atoms with Crippen LogP contribution in [0.5, 0.6) is 0 Å². The third kappa shape index (κ3) is 4.16. The van der Waals surface area contributed by atoms with Crippen molar-refractivity contribution in [3.05, 3.63) is 47.5 Å². The molecule has 0 bridgehead atoms. The van der Waals surface area contributed by atoms with Crippen LogP contribution in [0.25, 0.3) is 0 Å². The van der Waals surface area contributed by atoms with Gasteiger partial charge in [0, 0.05) is 0 Å². The second-order valence-corrected chi connectivity index (χ2v) is 6.79. The molecule has 21 heavy (non-hydrogen) atoms. The van der Waals surface area contributed by atoms with E-state index < -0.39 is 6.10 Å². The first-order valence-electron chi connectivity index (χ1n) is 7.77. The molecule has 1 aromatic rings. The zero-order chi connectivity index (χ0) is 15.5. The summed E-state index contributed by atoms with van der Waals surface area (Å²) in [5.74, 6) is 0. The number of fused-ring (bicyclic) bond motifs is 1. The van der Waals surface area contributed by atoms with Gasteiger partial charge in [-0.3, -0.25) is 0 Å². The summed E-state index contributed by atoms with van der Waals surface area (Å²) in [7, 11) is 4.29. The van der Waals surface area contributed by atoms with Crippen LogP contribution in [0.1, 0.15) is 31.1 Å². The van der Waals surface area contributed by atoms with Gasteiger partial charge in [-0.15, -0.1) is 0 Å². The number of hydrogen-bond donors (Lipinski definition) is 1. The van der Waals surface area contributed by atoms with Crippen molar-refractivity contribution in [1.82, 2.24) is 0 Å². The molecule has 1 N–H and O–H groups in total. The van der Waals surface area contributed by atoms with Crippen molar-refractivity contribution >= 4 is 0 Å². The first-order valence-corrected chi connectivity index (χ1v) is 7.77. The van der Waals surface area contributed by atoms with Gasteiger partial charge >= 0.3 is 0 Å². The van der Waals surface area contributed by atoms with Gasteiger partial charge in [0.1, 0.15) is 18.8 Å². The van der Waals surface area contributed by atoms with Gasteiger partial charge in [0.2, 0.25) is 0 Å². The van der Waals surface area contributed by atoms with E-state index in [1.54, 1.807) is 0 Å². The number of benzene rings is 1. The molecule has 3 nitrogen and oxygen atoms in total. The van der Waals surface area contributed by atoms with Crippen LogP contribution in [0.15, 0.2) is 36.4 Å². The van der Waals surface area contributed by atoms with E-state index in [-0.39, 0.29) is 6.10 Å². The average molecular weight is 290 g/mol. The summed E-state index contributed by atoms with van der Waals surface area (Å²) in [4.78, 5) is 0. The van der Waals surface area contributed by atoms with Crippen molar-refractivity contribution < 1.29 is 14.3 Å². The van der Waals surface area contributed by atoms with Gasteiger partial charge in [0.15, 0.2) is 0 Å². The van der Waals surface area contributed by atoms with Crippen LogP contribution in [0, 0.1) is 0 Å². The maximum atomic E-state index is 10.2. The number of quaternary nitrogens is 1. The lowest BCUT2D eigenvalue weighted by Gasteiger charge is -2.36. The van der Waals surface area contributed by atoms with Gasteiger partial charge in [-0.2, -0.15) is 0 Å². The zero-order valence-corrected chi connectivity index (χ0v) is 13.6. The van der Waals surface area contributed by atoms with Crippen LogP contribution in [-0.4, -0.2) is 49.0 Å². The number of nitrogens with zero attached hydrogens (tertiary/aromatic N) is 1. The van der Waals surface area contributed by atoms with Gasteiger partial charge in [-0.25, -0.2) is 0 Å². The minimum Gasteiger partial charge on any atom is -0.385 e. The molecule has 0 spiro atoms. The molecule has 0 aliphatic heterocycles. The molecule has 0 amide bonds. The molecule has 2 atom stereocenters. The molecule has 1 aliphatic carbocycles. The van der Waals surface area contributed by atoms with Crippen LogP contribution >= 0.6 is 0 Å². The molecule has 0 saturated carbocycles. The molecule has 0 aromatic heterocycles. The van der Waals surface area contributed by atoms with Crippen molar-refractivity contribution in [2.45, 2.75) is 38.5 Å². The first-order chi connectivity index (χ1) is 9.90. The minimum atomic E-state index is -0.440. The second kappa shape index (κ2) is 6.73. The summed E-state index contributed by atoms with van der Waals surface area (Å²) < 4.78 is 6.74. The first kappa shape index (κ1) is 16.2. The van der Waals surface area contributed by atoms with Crippen molar-refractivity contribution in [1.29, 1.82) is 0 Å². The Hall–Kier alpha value is -1.16. The quantitative estimate of drug-likeness (QED) is 0.645. The summed E-state index contributed by atoms with van der Waals surface area (Å²) in [5, 5.41) is 10.2. The van der Waals surface area contributed by atoms with E-state index in [4.69, 9.17) is 4.74 Å².